The Morgan fingerprint density at radius 2 is 1.81 bits per heavy atom. The summed E-state index contributed by atoms with van der Waals surface area (Å²) in [5, 5.41) is 23.0. The van der Waals surface area contributed by atoms with Crippen molar-refractivity contribution in [3.8, 4) is 5.82 Å². The lowest BCUT2D eigenvalue weighted by atomic mass is 10.1. The molecule has 0 saturated carbocycles. The van der Waals surface area contributed by atoms with Crippen LogP contribution in [0.4, 0.5) is 24.5 Å². The molecule has 0 spiro atoms. The summed E-state index contributed by atoms with van der Waals surface area (Å²) in [5.74, 6) is 0.441. The normalized spacial score (nSPS) is 12.2. The van der Waals surface area contributed by atoms with Crippen LogP contribution >= 0.6 is 9.24 Å². The molecule has 12 heteroatoms. The number of aromatic nitrogens is 5. The van der Waals surface area contributed by atoms with Gasteiger partial charge in [-0.1, -0.05) is 37.8 Å². The third kappa shape index (κ3) is 5.11. The Hall–Kier alpha value is -4.11. The van der Waals surface area contributed by atoms with Crippen molar-refractivity contribution in [1.29, 1.82) is 5.41 Å². The highest BCUT2D eigenvalue weighted by Gasteiger charge is 2.37. The van der Waals surface area contributed by atoms with E-state index in [1.807, 2.05) is 19.1 Å². The van der Waals surface area contributed by atoms with E-state index < -0.39 is 17.4 Å². The maximum atomic E-state index is 14.2. The molecule has 184 valence electrons. The standard InChI is InChI=1S/C24H22F3N8P/c1-3-19-16-6-4-5-7-17(16)20(13-29-19)34-22(24(25,26)27)18(11-28)14(2)33-15-10-21(36)23(30-12-15)35-31-8-9-32-35/h4-13,28,33-34H,2-3,36H2,1H3/b22-18+,28-11?. The first-order valence-corrected chi connectivity index (χ1v) is 11.3. The number of pyridine rings is 2. The first-order chi connectivity index (χ1) is 17.2. The van der Waals surface area contributed by atoms with Crippen molar-refractivity contribution in [2.24, 2.45) is 0 Å². The molecule has 1 aromatic carbocycles. The first kappa shape index (κ1) is 25.0. The van der Waals surface area contributed by atoms with E-state index in [-0.39, 0.29) is 11.4 Å². The maximum Gasteiger partial charge on any atom is 0.431 e. The van der Waals surface area contributed by atoms with Gasteiger partial charge in [0.05, 0.1) is 36.2 Å². The SMILES string of the molecule is C=C(Nc1cnc(-n2nccn2)c(P)c1)/C(C=N)=C(/Nc1cnc(CC)c2ccccc12)C(F)(F)F. The molecule has 0 radical (unpaired) electrons. The second kappa shape index (κ2) is 10.2. The Morgan fingerprint density at radius 1 is 1.11 bits per heavy atom. The summed E-state index contributed by atoms with van der Waals surface area (Å²) in [5.41, 5.74) is -0.407. The molecular weight excluding hydrogens is 488 g/mol. The second-order valence-electron chi connectivity index (χ2n) is 7.63. The van der Waals surface area contributed by atoms with Crippen LogP contribution in [0.15, 0.2) is 78.7 Å². The van der Waals surface area contributed by atoms with Gasteiger partial charge in [0.25, 0.3) is 0 Å². The molecule has 3 N–H and O–H groups in total. The maximum absolute atomic E-state index is 14.2. The highest BCUT2D eigenvalue weighted by molar-refractivity contribution is 7.27. The predicted molar refractivity (Wildman–Crippen MR) is 138 cm³/mol. The highest BCUT2D eigenvalue weighted by atomic mass is 31.0. The first-order valence-electron chi connectivity index (χ1n) is 10.8. The van der Waals surface area contributed by atoms with E-state index >= 15 is 0 Å². The van der Waals surface area contributed by atoms with Crippen LogP contribution in [-0.4, -0.2) is 37.4 Å². The molecule has 0 amide bonds. The number of nitrogens with one attached hydrogen (secondary N) is 3. The van der Waals surface area contributed by atoms with Gasteiger partial charge in [-0.2, -0.15) is 23.4 Å². The molecule has 0 aliphatic carbocycles. The number of allylic oxidation sites excluding steroid dienone is 2. The fourth-order valence-corrected chi connectivity index (χ4v) is 4.01. The van der Waals surface area contributed by atoms with Gasteiger partial charge < -0.3 is 16.0 Å². The average molecular weight is 510 g/mol. The quantitative estimate of drug-likeness (QED) is 0.179. The van der Waals surface area contributed by atoms with Gasteiger partial charge in [-0.05, 0) is 12.5 Å². The molecule has 3 aromatic heterocycles. The fourth-order valence-electron chi connectivity index (χ4n) is 3.64. The summed E-state index contributed by atoms with van der Waals surface area (Å²) >= 11 is 0. The molecule has 1 unspecified atom stereocenters. The molecular formula is C24H22F3N8P. The monoisotopic (exact) mass is 510 g/mol. The summed E-state index contributed by atoms with van der Waals surface area (Å²) in [6.45, 7) is 5.68. The van der Waals surface area contributed by atoms with Gasteiger partial charge in [-0.15, -0.1) is 14.0 Å². The van der Waals surface area contributed by atoms with Crippen LogP contribution in [-0.2, 0) is 6.42 Å². The van der Waals surface area contributed by atoms with Gasteiger partial charge in [0.2, 0.25) is 0 Å². The van der Waals surface area contributed by atoms with Crippen molar-refractivity contribution >= 4 is 42.9 Å². The zero-order chi connectivity index (χ0) is 25.9. The van der Waals surface area contributed by atoms with Crippen molar-refractivity contribution in [1.82, 2.24) is 25.0 Å². The minimum atomic E-state index is -4.80. The Balaban J connectivity index is 1.70. The zero-order valence-corrected chi connectivity index (χ0v) is 20.3. The van der Waals surface area contributed by atoms with Crippen LogP contribution in [0.25, 0.3) is 16.6 Å². The third-order valence-corrected chi connectivity index (χ3v) is 5.72. The van der Waals surface area contributed by atoms with Crippen molar-refractivity contribution in [3.05, 3.63) is 84.4 Å². The minimum absolute atomic E-state index is 0.136. The highest BCUT2D eigenvalue weighted by Crippen LogP contribution is 2.34. The number of benzene rings is 1. The van der Waals surface area contributed by atoms with Crippen LogP contribution in [0.5, 0.6) is 0 Å². The van der Waals surface area contributed by atoms with E-state index in [1.54, 1.807) is 18.2 Å². The van der Waals surface area contributed by atoms with E-state index in [0.29, 0.717) is 34.8 Å². The van der Waals surface area contributed by atoms with E-state index in [0.717, 1.165) is 11.1 Å². The van der Waals surface area contributed by atoms with E-state index in [4.69, 9.17) is 5.41 Å². The summed E-state index contributed by atoms with van der Waals surface area (Å²) in [6, 6.07) is 8.75. The van der Waals surface area contributed by atoms with E-state index in [1.165, 1.54) is 29.6 Å². The number of halogens is 3. The van der Waals surface area contributed by atoms with Gasteiger partial charge in [-0.3, -0.25) is 4.98 Å². The number of nitrogens with zero attached hydrogens (tertiary/aromatic N) is 5. The molecule has 0 aliphatic rings. The van der Waals surface area contributed by atoms with Crippen molar-refractivity contribution < 1.29 is 13.2 Å². The number of alkyl halides is 3. The predicted octanol–water partition coefficient (Wildman–Crippen LogP) is 4.78. The Bertz CT molecular complexity index is 1460. The van der Waals surface area contributed by atoms with Crippen LogP contribution in [0, 0.1) is 5.41 Å². The fraction of sp³-hybridized carbons (Fsp3) is 0.125. The number of aryl methyl sites for hydroxylation is 1. The summed E-state index contributed by atoms with van der Waals surface area (Å²) < 4.78 is 42.6. The molecule has 0 saturated heterocycles. The molecule has 36 heavy (non-hydrogen) atoms. The lowest BCUT2D eigenvalue weighted by Crippen LogP contribution is -2.24. The zero-order valence-electron chi connectivity index (χ0n) is 19.1. The molecule has 3 heterocycles. The second-order valence-corrected chi connectivity index (χ2v) is 8.25. The number of anilines is 2. The Kier molecular flexibility index (Phi) is 7.12. The van der Waals surface area contributed by atoms with Crippen LogP contribution < -0.4 is 15.9 Å². The van der Waals surface area contributed by atoms with E-state index in [9.17, 15) is 13.2 Å². The number of rotatable bonds is 8. The third-order valence-electron chi connectivity index (χ3n) is 5.29. The molecule has 1 atom stereocenters. The van der Waals surface area contributed by atoms with Gasteiger partial charge in [-0.25, -0.2) is 4.98 Å². The Labute approximate surface area is 207 Å². The topological polar surface area (TPSA) is 104 Å². The average Bonchev–Trinajstić information content (AvgIpc) is 3.38. The molecule has 0 bridgehead atoms. The van der Waals surface area contributed by atoms with E-state index in [2.05, 4.69) is 46.6 Å². The summed E-state index contributed by atoms with van der Waals surface area (Å²) in [4.78, 5) is 9.91. The molecule has 4 rings (SSSR count). The van der Waals surface area contributed by atoms with Crippen molar-refractivity contribution in [2.75, 3.05) is 10.6 Å². The number of fused-ring (bicyclic) bond motifs is 1. The molecule has 4 aromatic rings. The number of hydrogen-bond donors (Lipinski definition) is 3. The van der Waals surface area contributed by atoms with Crippen molar-refractivity contribution in [3.63, 3.8) is 0 Å². The Morgan fingerprint density at radius 3 is 2.42 bits per heavy atom. The van der Waals surface area contributed by atoms with Crippen molar-refractivity contribution in [2.45, 2.75) is 19.5 Å². The minimum Gasteiger partial charge on any atom is -0.354 e. The lowest BCUT2D eigenvalue weighted by molar-refractivity contribution is -0.0906. The molecule has 0 fully saturated rings. The van der Waals surface area contributed by atoms with Gasteiger partial charge in [0.1, 0.15) is 5.70 Å². The summed E-state index contributed by atoms with van der Waals surface area (Å²) in [6.07, 6.45) is 2.23. The molecule has 8 nitrogen and oxygen atoms in total. The lowest BCUT2D eigenvalue weighted by Gasteiger charge is -2.21. The van der Waals surface area contributed by atoms with Gasteiger partial charge in [0.15, 0.2) is 5.82 Å². The largest absolute Gasteiger partial charge is 0.431 e. The smallest absolute Gasteiger partial charge is 0.354 e. The molecule has 0 aliphatic heterocycles. The number of hydrogen-bond acceptors (Lipinski definition) is 7. The van der Waals surface area contributed by atoms with Crippen LogP contribution in [0.2, 0.25) is 0 Å². The van der Waals surface area contributed by atoms with Crippen LogP contribution in [0.1, 0.15) is 12.6 Å². The summed E-state index contributed by atoms with van der Waals surface area (Å²) in [7, 11) is 2.48. The van der Waals surface area contributed by atoms with Gasteiger partial charge >= 0.3 is 6.18 Å². The van der Waals surface area contributed by atoms with Gasteiger partial charge in [0, 0.05) is 39.3 Å². The van der Waals surface area contributed by atoms with Crippen LogP contribution in [0.3, 0.4) is 0 Å².